The number of likely N-dealkylation sites (N-methyl/N-ethyl adjacent to an activating group) is 1. The van der Waals surface area contributed by atoms with Gasteiger partial charge < -0.3 is 15.7 Å². The van der Waals surface area contributed by atoms with E-state index < -0.39 is 17.1 Å². The molecule has 2 unspecified atom stereocenters. The zero-order chi connectivity index (χ0) is 15.1. The molecular formula is C13H19N3O4. The fourth-order valence-electron chi connectivity index (χ4n) is 1.64. The molecule has 0 aliphatic heterocycles. The minimum atomic E-state index is -0.826. The van der Waals surface area contributed by atoms with E-state index >= 15 is 0 Å². The maximum atomic E-state index is 11.5. The summed E-state index contributed by atoms with van der Waals surface area (Å²) in [5.41, 5.74) is 0.538. The van der Waals surface area contributed by atoms with E-state index in [4.69, 9.17) is 0 Å². The van der Waals surface area contributed by atoms with Crippen molar-refractivity contribution in [1.29, 1.82) is 0 Å². The van der Waals surface area contributed by atoms with Crippen LogP contribution >= 0.6 is 0 Å². The number of carbonyl (C=O) groups is 1. The first-order valence-electron chi connectivity index (χ1n) is 6.39. The highest BCUT2D eigenvalue weighted by Gasteiger charge is 2.15. The summed E-state index contributed by atoms with van der Waals surface area (Å²) in [5, 5.41) is 26.0. The van der Waals surface area contributed by atoms with Gasteiger partial charge in [-0.3, -0.25) is 14.9 Å². The number of benzene rings is 1. The van der Waals surface area contributed by atoms with Crippen molar-refractivity contribution in [1.82, 2.24) is 10.6 Å². The van der Waals surface area contributed by atoms with Crippen molar-refractivity contribution in [2.45, 2.75) is 26.0 Å². The minimum absolute atomic E-state index is 0.0235. The van der Waals surface area contributed by atoms with Crippen LogP contribution in [0.4, 0.5) is 5.69 Å². The number of nitrogens with zero attached hydrogens (tertiary/aromatic N) is 1. The average molecular weight is 281 g/mol. The van der Waals surface area contributed by atoms with Gasteiger partial charge in [0.05, 0.1) is 17.1 Å². The van der Waals surface area contributed by atoms with Crippen LogP contribution in [0, 0.1) is 10.1 Å². The second-order valence-electron chi connectivity index (χ2n) is 4.39. The van der Waals surface area contributed by atoms with Crippen LogP contribution in [0.5, 0.6) is 0 Å². The summed E-state index contributed by atoms with van der Waals surface area (Å²) in [6.45, 7) is 4.27. The van der Waals surface area contributed by atoms with E-state index in [1.54, 1.807) is 6.92 Å². The third-order valence-electron chi connectivity index (χ3n) is 2.85. The Kier molecular flexibility index (Phi) is 6.08. The summed E-state index contributed by atoms with van der Waals surface area (Å²) in [6, 6.07) is 5.27. The summed E-state index contributed by atoms with van der Waals surface area (Å²) in [7, 11) is 0. The topological polar surface area (TPSA) is 104 Å². The molecule has 7 heteroatoms. The van der Waals surface area contributed by atoms with Crippen LogP contribution in [0.25, 0.3) is 0 Å². The van der Waals surface area contributed by atoms with E-state index in [0.717, 1.165) is 0 Å². The van der Waals surface area contributed by atoms with Crippen LogP contribution in [0.3, 0.4) is 0 Å². The zero-order valence-corrected chi connectivity index (χ0v) is 11.5. The zero-order valence-electron chi connectivity index (χ0n) is 11.5. The van der Waals surface area contributed by atoms with Crippen LogP contribution in [-0.4, -0.2) is 35.1 Å². The summed E-state index contributed by atoms with van der Waals surface area (Å²) >= 11 is 0. The molecule has 0 aliphatic rings. The first-order valence-corrected chi connectivity index (χ1v) is 6.39. The maximum absolute atomic E-state index is 11.5. The number of nitrogens with one attached hydrogen (secondary N) is 2. The lowest BCUT2D eigenvalue weighted by Gasteiger charge is -2.16. The van der Waals surface area contributed by atoms with Crippen LogP contribution < -0.4 is 10.6 Å². The molecule has 3 N–H and O–H groups in total. The Morgan fingerprint density at radius 3 is 2.50 bits per heavy atom. The molecule has 1 aromatic rings. The van der Waals surface area contributed by atoms with Gasteiger partial charge >= 0.3 is 0 Å². The highest BCUT2D eigenvalue weighted by atomic mass is 16.6. The summed E-state index contributed by atoms with van der Waals surface area (Å²) in [4.78, 5) is 21.5. The average Bonchev–Trinajstić information content (AvgIpc) is 2.44. The second-order valence-corrected chi connectivity index (χ2v) is 4.39. The number of carbonyl (C=O) groups excluding carboxylic acids is 1. The SMILES string of the molecule is CCNC(=O)C(C)NCC(O)c1ccc([N+](=O)[O-])cc1. The second kappa shape index (κ2) is 7.56. The van der Waals surface area contributed by atoms with Gasteiger partial charge in [0, 0.05) is 25.2 Å². The molecule has 20 heavy (non-hydrogen) atoms. The van der Waals surface area contributed by atoms with Crippen LogP contribution in [-0.2, 0) is 4.79 Å². The Morgan fingerprint density at radius 1 is 1.40 bits per heavy atom. The van der Waals surface area contributed by atoms with E-state index in [1.165, 1.54) is 24.3 Å². The Morgan fingerprint density at radius 2 is 2.00 bits per heavy atom. The number of nitro groups is 1. The van der Waals surface area contributed by atoms with Gasteiger partial charge in [-0.2, -0.15) is 0 Å². The van der Waals surface area contributed by atoms with Gasteiger partial charge in [-0.1, -0.05) is 0 Å². The number of aliphatic hydroxyl groups is 1. The molecule has 0 bridgehead atoms. The lowest BCUT2D eigenvalue weighted by molar-refractivity contribution is -0.384. The number of rotatable bonds is 7. The van der Waals surface area contributed by atoms with Crippen molar-refractivity contribution in [2.75, 3.05) is 13.1 Å². The van der Waals surface area contributed by atoms with E-state index in [9.17, 15) is 20.0 Å². The lowest BCUT2D eigenvalue weighted by atomic mass is 10.1. The molecule has 110 valence electrons. The molecular weight excluding hydrogens is 262 g/mol. The van der Waals surface area contributed by atoms with E-state index in [0.29, 0.717) is 12.1 Å². The van der Waals surface area contributed by atoms with Crippen molar-refractivity contribution in [2.24, 2.45) is 0 Å². The smallest absolute Gasteiger partial charge is 0.269 e. The van der Waals surface area contributed by atoms with Crippen LogP contribution in [0.15, 0.2) is 24.3 Å². The summed E-state index contributed by atoms with van der Waals surface area (Å²) in [6.07, 6.45) is -0.826. The highest BCUT2D eigenvalue weighted by Crippen LogP contribution is 2.17. The minimum Gasteiger partial charge on any atom is -0.387 e. The number of hydrogen-bond acceptors (Lipinski definition) is 5. The molecule has 0 saturated heterocycles. The van der Waals surface area contributed by atoms with Crippen molar-refractivity contribution in [3.05, 3.63) is 39.9 Å². The molecule has 7 nitrogen and oxygen atoms in total. The predicted octanol–water partition coefficient (Wildman–Crippen LogP) is 0.742. The molecule has 1 amide bonds. The summed E-state index contributed by atoms with van der Waals surface area (Å²) in [5.74, 6) is -0.136. The first-order chi connectivity index (χ1) is 9.45. The monoisotopic (exact) mass is 281 g/mol. The van der Waals surface area contributed by atoms with Gasteiger partial charge in [-0.05, 0) is 31.5 Å². The Balaban J connectivity index is 2.52. The van der Waals surface area contributed by atoms with Gasteiger partial charge in [0.2, 0.25) is 5.91 Å². The molecule has 0 radical (unpaired) electrons. The maximum Gasteiger partial charge on any atom is 0.269 e. The van der Waals surface area contributed by atoms with Crippen LogP contribution in [0.2, 0.25) is 0 Å². The molecule has 2 atom stereocenters. The van der Waals surface area contributed by atoms with Crippen molar-refractivity contribution in [3.63, 3.8) is 0 Å². The van der Waals surface area contributed by atoms with Gasteiger partial charge in [0.1, 0.15) is 0 Å². The Labute approximate surface area is 117 Å². The molecule has 0 saturated carbocycles. The largest absolute Gasteiger partial charge is 0.387 e. The van der Waals surface area contributed by atoms with Crippen molar-refractivity contribution < 1.29 is 14.8 Å². The molecule has 0 fully saturated rings. The number of non-ortho nitro benzene ring substituents is 1. The quantitative estimate of drug-likeness (QED) is 0.505. The number of amides is 1. The lowest BCUT2D eigenvalue weighted by Crippen LogP contribution is -2.43. The molecule has 0 aromatic heterocycles. The Hall–Kier alpha value is -1.99. The van der Waals surface area contributed by atoms with E-state index in [-0.39, 0.29) is 18.1 Å². The fraction of sp³-hybridized carbons (Fsp3) is 0.462. The standard InChI is InChI=1S/C13H19N3O4/c1-3-14-13(18)9(2)15-8-12(17)10-4-6-11(7-5-10)16(19)20/h4-7,9,12,15,17H,3,8H2,1-2H3,(H,14,18). The van der Waals surface area contributed by atoms with E-state index in [1.807, 2.05) is 6.92 Å². The van der Waals surface area contributed by atoms with Gasteiger partial charge in [0.25, 0.3) is 5.69 Å². The Bertz CT molecular complexity index is 461. The van der Waals surface area contributed by atoms with Crippen molar-refractivity contribution >= 4 is 11.6 Å². The number of hydrogen-bond donors (Lipinski definition) is 3. The fourth-order valence-corrected chi connectivity index (χ4v) is 1.64. The van der Waals surface area contributed by atoms with Gasteiger partial charge in [-0.25, -0.2) is 0 Å². The number of aliphatic hydroxyl groups excluding tert-OH is 1. The van der Waals surface area contributed by atoms with Crippen molar-refractivity contribution in [3.8, 4) is 0 Å². The van der Waals surface area contributed by atoms with Gasteiger partial charge in [-0.15, -0.1) is 0 Å². The molecule has 0 heterocycles. The summed E-state index contributed by atoms with van der Waals surface area (Å²) < 4.78 is 0. The van der Waals surface area contributed by atoms with Crippen LogP contribution in [0.1, 0.15) is 25.5 Å². The normalized spacial score (nSPS) is 13.6. The predicted molar refractivity (Wildman–Crippen MR) is 74.2 cm³/mol. The first kappa shape index (κ1) is 16.1. The van der Waals surface area contributed by atoms with E-state index in [2.05, 4.69) is 10.6 Å². The molecule has 0 spiro atoms. The highest BCUT2D eigenvalue weighted by molar-refractivity contribution is 5.81. The third-order valence-corrected chi connectivity index (χ3v) is 2.85. The molecule has 0 aliphatic carbocycles. The third kappa shape index (κ3) is 4.60. The van der Waals surface area contributed by atoms with Gasteiger partial charge in [0.15, 0.2) is 0 Å². The molecule has 1 aromatic carbocycles. The molecule has 1 rings (SSSR count). The number of nitro benzene ring substituents is 1.